The Balaban J connectivity index is 2.43. The third-order valence-corrected chi connectivity index (χ3v) is 3.98. The molecule has 1 fully saturated rings. The van der Waals surface area contributed by atoms with Crippen LogP contribution in [0.3, 0.4) is 0 Å². The van der Waals surface area contributed by atoms with Gasteiger partial charge in [0.15, 0.2) is 0 Å². The number of nitrogens with zero attached hydrogens (tertiary/aromatic N) is 1. The van der Waals surface area contributed by atoms with Crippen LogP contribution in [0.15, 0.2) is 0 Å². The Labute approximate surface area is 118 Å². The molecule has 0 N–H and O–H groups in total. The average Bonchev–Trinajstić information content (AvgIpc) is 2.25. The van der Waals surface area contributed by atoms with Crippen molar-refractivity contribution in [2.45, 2.75) is 66.4 Å². The minimum atomic E-state index is -0.0507. The summed E-state index contributed by atoms with van der Waals surface area (Å²) < 4.78 is 5.70. The summed E-state index contributed by atoms with van der Waals surface area (Å²) in [7, 11) is 0. The lowest BCUT2D eigenvalue weighted by molar-refractivity contribution is -0.154. The van der Waals surface area contributed by atoms with Crippen LogP contribution in [-0.4, -0.2) is 36.6 Å². The SMILES string of the molecule is CCCN(CC)CC(=O)OC1CC(C)CC(C)(C)C1. The molecular formula is C16H31NO2. The van der Waals surface area contributed by atoms with Gasteiger partial charge in [-0.3, -0.25) is 9.69 Å². The summed E-state index contributed by atoms with van der Waals surface area (Å²) in [6.07, 6.45) is 4.46. The van der Waals surface area contributed by atoms with Crippen molar-refractivity contribution in [1.29, 1.82) is 0 Å². The molecule has 1 aliphatic carbocycles. The quantitative estimate of drug-likeness (QED) is 0.691. The van der Waals surface area contributed by atoms with Gasteiger partial charge >= 0.3 is 5.97 Å². The first-order valence-electron chi connectivity index (χ1n) is 7.78. The monoisotopic (exact) mass is 269 g/mol. The van der Waals surface area contributed by atoms with Gasteiger partial charge in [-0.05, 0) is 50.1 Å². The van der Waals surface area contributed by atoms with E-state index in [9.17, 15) is 4.79 Å². The largest absolute Gasteiger partial charge is 0.461 e. The summed E-state index contributed by atoms with van der Waals surface area (Å²) in [5, 5.41) is 0. The molecule has 2 atom stereocenters. The second kappa shape index (κ2) is 7.28. The van der Waals surface area contributed by atoms with Gasteiger partial charge in [-0.25, -0.2) is 0 Å². The fraction of sp³-hybridized carbons (Fsp3) is 0.938. The third-order valence-electron chi connectivity index (χ3n) is 3.98. The zero-order valence-corrected chi connectivity index (χ0v) is 13.4. The molecule has 1 saturated carbocycles. The predicted octanol–water partition coefficient (Wildman–Crippen LogP) is 3.48. The van der Waals surface area contributed by atoms with Crippen LogP contribution in [-0.2, 0) is 9.53 Å². The van der Waals surface area contributed by atoms with Gasteiger partial charge in [0.25, 0.3) is 0 Å². The Morgan fingerprint density at radius 1 is 1.32 bits per heavy atom. The van der Waals surface area contributed by atoms with E-state index in [0.717, 1.165) is 32.4 Å². The second-order valence-corrected chi connectivity index (χ2v) is 6.89. The molecule has 3 heteroatoms. The van der Waals surface area contributed by atoms with Gasteiger partial charge in [-0.15, -0.1) is 0 Å². The normalized spacial score (nSPS) is 26.4. The van der Waals surface area contributed by atoms with E-state index in [4.69, 9.17) is 4.74 Å². The smallest absolute Gasteiger partial charge is 0.320 e. The van der Waals surface area contributed by atoms with Gasteiger partial charge in [0.1, 0.15) is 6.10 Å². The van der Waals surface area contributed by atoms with Crippen molar-refractivity contribution in [1.82, 2.24) is 4.90 Å². The van der Waals surface area contributed by atoms with Crippen molar-refractivity contribution in [3.8, 4) is 0 Å². The van der Waals surface area contributed by atoms with Gasteiger partial charge in [0, 0.05) is 0 Å². The van der Waals surface area contributed by atoms with Gasteiger partial charge in [0.05, 0.1) is 6.54 Å². The Hall–Kier alpha value is -0.570. The number of rotatable bonds is 6. The molecule has 0 bridgehead atoms. The van der Waals surface area contributed by atoms with Crippen LogP contribution in [0.1, 0.15) is 60.3 Å². The number of carbonyl (C=O) groups excluding carboxylic acids is 1. The number of hydrogen-bond donors (Lipinski definition) is 0. The minimum Gasteiger partial charge on any atom is -0.461 e. The molecule has 0 aromatic heterocycles. The maximum absolute atomic E-state index is 12.0. The first kappa shape index (κ1) is 16.5. The van der Waals surface area contributed by atoms with Gasteiger partial charge in [0.2, 0.25) is 0 Å². The summed E-state index contributed by atoms with van der Waals surface area (Å²) in [6, 6.07) is 0. The molecule has 0 saturated heterocycles. The first-order chi connectivity index (χ1) is 8.86. The van der Waals surface area contributed by atoms with Crippen molar-refractivity contribution in [3.63, 3.8) is 0 Å². The van der Waals surface area contributed by atoms with E-state index in [-0.39, 0.29) is 12.1 Å². The van der Waals surface area contributed by atoms with E-state index in [0.29, 0.717) is 17.9 Å². The molecule has 112 valence electrons. The maximum atomic E-state index is 12.0. The van der Waals surface area contributed by atoms with E-state index < -0.39 is 0 Å². The van der Waals surface area contributed by atoms with Crippen LogP contribution >= 0.6 is 0 Å². The third kappa shape index (κ3) is 5.94. The molecule has 0 spiro atoms. The lowest BCUT2D eigenvalue weighted by Gasteiger charge is -2.38. The first-order valence-corrected chi connectivity index (χ1v) is 7.78. The summed E-state index contributed by atoms with van der Waals surface area (Å²) in [6.45, 7) is 13.4. The van der Waals surface area contributed by atoms with Gasteiger partial charge in [-0.1, -0.05) is 34.6 Å². The molecule has 0 aromatic carbocycles. The molecule has 0 amide bonds. The summed E-state index contributed by atoms with van der Waals surface area (Å²) in [5.41, 5.74) is 0.302. The molecule has 0 heterocycles. The predicted molar refractivity (Wildman–Crippen MR) is 79.1 cm³/mol. The lowest BCUT2D eigenvalue weighted by Crippen LogP contribution is -2.37. The molecule has 0 radical (unpaired) electrons. The number of ether oxygens (including phenoxy) is 1. The molecule has 1 aliphatic rings. The van der Waals surface area contributed by atoms with Crippen molar-refractivity contribution >= 4 is 5.97 Å². The Morgan fingerprint density at radius 3 is 2.53 bits per heavy atom. The standard InChI is InChI=1S/C16H31NO2/c1-6-8-17(7-2)12-15(18)19-14-9-13(3)10-16(4,5)11-14/h13-14H,6-12H2,1-5H3. The van der Waals surface area contributed by atoms with Crippen LogP contribution in [0.25, 0.3) is 0 Å². The van der Waals surface area contributed by atoms with Crippen LogP contribution < -0.4 is 0 Å². The highest BCUT2D eigenvalue weighted by molar-refractivity contribution is 5.71. The Kier molecular flexibility index (Phi) is 6.31. The molecule has 0 aliphatic heterocycles. The van der Waals surface area contributed by atoms with Gasteiger partial charge in [-0.2, -0.15) is 0 Å². The molecular weight excluding hydrogens is 238 g/mol. The minimum absolute atomic E-state index is 0.0507. The van der Waals surface area contributed by atoms with Crippen molar-refractivity contribution in [2.75, 3.05) is 19.6 Å². The Morgan fingerprint density at radius 2 is 2.00 bits per heavy atom. The number of esters is 1. The van der Waals surface area contributed by atoms with Gasteiger partial charge < -0.3 is 4.74 Å². The van der Waals surface area contributed by atoms with Crippen molar-refractivity contribution < 1.29 is 9.53 Å². The highest BCUT2D eigenvalue weighted by Crippen LogP contribution is 2.39. The highest BCUT2D eigenvalue weighted by atomic mass is 16.5. The number of likely N-dealkylation sites (N-methyl/N-ethyl adjacent to an activating group) is 1. The lowest BCUT2D eigenvalue weighted by atomic mass is 9.71. The van der Waals surface area contributed by atoms with E-state index in [1.54, 1.807) is 0 Å². The summed E-state index contributed by atoms with van der Waals surface area (Å²) in [5.74, 6) is 0.602. The fourth-order valence-corrected chi connectivity index (χ4v) is 3.42. The van der Waals surface area contributed by atoms with Crippen molar-refractivity contribution in [3.05, 3.63) is 0 Å². The van der Waals surface area contributed by atoms with Crippen molar-refractivity contribution in [2.24, 2.45) is 11.3 Å². The van der Waals surface area contributed by atoms with Crippen LogP contribution in [0.5, 0.6) is 0 Å². The highest BCUT2D eigenvalue weighted by Gasteiger charge is 2.34. The molecule has 3 nitrogen and oxygen atoms in total. The Bertz CT molecular complexity index is 288. The summed E-state index contributed by atoms with van der Waals surface area (Å²) >= 11 is 0. The molecule has 2 unspecified atom stereocenters. The van der Waals surface area contributed by atoms with E-state index in [2.05, 4.69) is 39.5 Å². The topological polar surface area (TPSA) is 29.5 Å². The van der Waals surface area contributed by atoms with E-state index in [1.807, 2.05) is 0 Å². The molecule has 19 heavy (non-hydrogen) atoms. The zero-order valence-electron chi connectivity index (χ0n) is 13.4. The fourth-order valence-electron chi connectivity index (χ4n) is 3.42. The maximum Gasteiger partial charge on any atom is 0.320 e. The van der Waals surface area contributed by atoms with Crippen LogP contribution in [0, 0.1) is 11.3 Å². The molecule has 0 aromatic rings. The zero-order chi connectivity index (χ0) is 14.5. The second-order valence-electron chi connectivity index (χ2n) is 6.89. The summed E-state index contributed by atoms with van der Waals surface area (Å²) in [4.78, 5) is 14.2. The number of hydrogen-bond acceptors (Lipinski definition) is 3. The number of carbonyl (C=O) groups is 1. The van der Waals surface area contributed by atoms with E-state index >= 15 is 0 Å². The van der Waals surface area contributed by atoms with Crippen LogP contribution in [0.4, 0.5) is 0 Å². The molecule has 1 rings (SSSR count). The van der Waals surface area contributed by atoms with Crippen LogP contribution in [0.2, 0.25) is 0 Å². The van der Waals surface area contributed by atoms with E-state index in [1.165, 1.54) is 6.42 Å². The average molecular weight is 269 g/mol.